The maximum absolute atomic E-state index is 5.34. The van der Waals surface area contributed by atoms with Crippen LogP contribution in [-0.4, -0.2) is 9.97 Å². The molecule has 0 N–H and O–H groups in total. The molecule has 3 aromatic heterocycles. The van der Waals surface area contributed by atoms with Gasteiger partial charge >= 0.3 is 0 Å². The van der Waals surface area contributed by atoms with Gasteiger partial charge in [-0.2, -0.15) is 0 Å². The van der Waals surface area contributed by atoms with Crippen LogP contribution in [0.15, 0.2) is 72.8 Å². The summed E-state index contributed by atoms with van der Waals surface area (Å²) in [6, 6.07) is 28.3. The van der Waals surface area contributed by atoms with Gasteiger partial charge in [0.1, 0.15) is 0 Å². The third-order valence-electron chi connectivity index (χ3n) is 11.2. The first-order chi connectivity index (χ1) is 24.9. The predicted octanol–water partition coefficient (Wildman–Crippen LogP) is 14.7. The van der Waals surface area contributed by atoms with E-state index >= 15 is 0 Å². The summed E-state index contributed by atoms with van der Waals surface area (Å²) < 4.78 is 0. The quantitative estimate of drug-likeness (QED) is 0.0992. The maximum atomic E-state index is 5.34. The lowest BCUT2D eigenvalue weighted by atomic mass is 9.70. The third-order valence-corrected chi connectivity index (χ3v) is 13.4. The Morgan fingerprint density at radius 2 is 1.04 bits per heavy atom. The van der Waals surface area contributed by atoms with Crippen molar-refractivity contribution >= 4 is 33.7 Å². The lowest BCUT2D eigenvalue weighted by Gasteiger charge is -2.33. The largest absolute Gasteiger partial charge is 0.249 e. The molecule has 6 aromatic rings. The minimum atomic E-state index is 0.0869. The molecular weight excluding hydrogens is 657 g/mol. The number of aromatic nitrogens is 2. The van der Waals surface area contributed by atoms with Crippen LogP contribution in [0, 0.1) is 13.8 Å². The standard InChI is InChI=1S/C47H54N2S2/c1-7-11-13-15-27-47(28-16-14-12-8-2)38-29-31(5)17-20-34(38)35-21-19-33(30-39(35)47)42-25-26-44(51-42)37-23-22-36(43-24-18-32(6)50-43)45-46(37)49-41(10-4)40(9-3)48-45/h17-26,29-30H,7-16,27-28H2,1-6H3. The Kier molecular flexibility index (Phi) is 10.9. The highest BCUT2D eigenvalue weighted by molar-refractivity contribution is 7.19. The van der Waals surface area contributed by atoms with E-state index in [0.717, 1.165) is 35.3 Å². The minimum Gasteiger partial charge on any atom is -0.249 e. The van der Waals surface area contributed by atoms with Crippen LogP contribution in [0.25, 0.3) is 53.5 Å². The zero-order chi connectivity index (χ0) is 35.5. The van der Waals surface area contributed by atoms with Crippen molar-refractivity contribution in [3.8, 4) is 42.4 Å². The molecule has 1 aliphatic carbocycles. The highest BCUT2D eigenvalue weighted by Crippen LogP contribution is 2.55. The zero-order valence-electron chi connectivity index (χ0n) is 31.6. The van der Waals surface area contributed by atoms with Gasteiger partial charge in [-0.05, 0) is 97.7 Å². The molecule has 0 radical (unpaired) electrons. The van der Waals surface area contributed by atoms with Gasteiger partial charge in [-0.25, -0.2) is 9.97 Å². The summed E-state index contributed by atoms with van der Waals surface area (Å²) in [5.41, 5.74) is 15.5. The van der Waals surface area contributed by atoms with Crippen molar-refractivity contribution in [3.63, 3.8) is 0 Å². The lowest BCUT2D eigenvalue weighted by molar-refractivity contribution is 0.401. The van der Waals surface area contributed by atoms with Crippen molar-refractivity contribution in [1.82, 2.24) is 9.97 Å². The predicted molar refractivity (Wildman–Crippen MR) is 224 cm³/mol. The summed E-state index contributed by atoms with van der Waals surface area (Å²) >= 11 is 3.74. The second-order valence-corrected chi connectivity index (χ2v) is 17.1. The first kappa shape index (κ1) is 35.8. The molecule has 3 heterocycles. The van der Waals surface area contributed by atoms with E-state index in [4.69, 9.17) is 9.97 Å². The number of rotatable bonds is 15. The SMILES string of the molecule is CCCCCCC1(CCCCCC)c2cc(C)ccc2-c2ccc(-c3ccc(-c4ccc(-c5ccc(C)s5)c5nc(CC)c(CC)nc45)s3)cc21. The van der Waals surface area contributed by atoms with Crippen LogP contribution in [0.3, 0.4) is 0 Å². The highest BCUT2D eigenvalue weighted by Gasteiger charge is 2.42. The number of nitrogens with zero attached hydrogens (tertiary/aromatic N) is 2. The maximum Gasteiger partial charge on any atom is 0.0983 e. The van der Waals surface area contributed by atoms with Crippen molar-refractivity contribution < 1.29 is 0 Å². The molecule has 0 unspecified atom stereocenters. The van der Waals surface area contributed by atoms with E-state index in [1.165, 1.54) is 117 Å². The van der Waals surface area contributed by atoms with Crippen molar-refractivity contribution in [2.75, 3.05) is 0 Å². The number of fused-ring (bicyclic) bond motifs is 4. The van der Waals surface area contributed by atoms with Crippen molar-refractivity contribution in [2.45, 2.75) is 124 Å². The molecule has 1 aliphatic rings. The topological polar surface area (TPSA) is 25.8 Å². The van der Waals surface area contributed by atoms with E-state index < -0.39 is 0 Å². The summed E-state index contributed by atoms with van der Waals surface area (Å²) in [6.07, 6.45) is 14.7. The Hall–Kier alpha value is -3.60. The Morgan fingerprint density at radius 1 is 0.510 bits per heavy atom. The minimum absolute atomic E-state index is 0.0869. The van der Waals surface area contributed by atoms with E-state index in [1.807, 2.05) is 22.7 Å². The average molecular weight is 711 g/mol. The summed E-state index contributed by atoms with van der Waals surface area (Å²) in [6.45, 7) is 13.5. The first-order valence-electron chi connectivity index (χ1n) is 19.7. The first-order valence-corrected chi connectivity index (χ1v) is 21.3. The molecule has 51 heavy (non-hydrogen) atoms. The Bertz CT molecular complexity index is 2140. The van der Waals surface area contributed by atoms with Gasteiger partial charge in [-0.1, -0.05) is 127 Å². The second kappa shape index (κ2) is 15.6. The van der Waals surface area contributed by atoms with Gasteiger partial charge in [0.05, 0.1) is 22.4 Å². The van der Waals surface area contributed by atoms with Crippen LogP contribution in [0.5, 0.6) is 0 Å². The van der Waals surface area contributed by atoms with E-state index in [9.17, 15) is 0 Å². The molecule has 0 saturated heterocycles. The molecule has 264 valence electrons. The summed E-state index contributed by atoms with van der Waals surface area (Å²) in [5.74, 6) is 0. The molecule has 0 saturated carbocycles. The van der Waals surface area contributed by atoms with Crippen LogP contribution in [0.4, 0.5) is 0 Å². The highest BCUT2D eigenvalue weighted by atomic mass is 32.1. The van der Waals surface area contributed by atoms with E-state index in [1.54, 1.807) is 11.1 Å². The molecule has 0 atom stereocenters. The van der Waals surface area contributed by atoms with Gasteiger partial charge in [0.25, 0.3) is 0 Å². The Balaban J connectivity index is 1.32. The van der Waals surface area contributed by atoms with Gasteiger partial charge in [0.15, 0.2) is 0 Å². The van der Waals surface area contributed by atoms with Crippen LogP contribution < -0.4 is 0 Å². The lowest BCUT2D eigenvalue weighted by Crippen LogP contribution is -2.25. The number of aryl methyl sites for hydroxylation is 4. The summed E-state index contributed by atoms with van der Waals surface area (Å²) in [4.78, 5) is 15.8. The molecule has 0 fully saturated rings. The smallest absolute Gasteiger partial charge is 0.0983 e. The number of thiophene rings is 2. The van der Waals surface area contributed by atoms with Gasteiger partial charge in [0, 0.05) is 36.1 Å². The molecule has 0 bridgehead atoms. The second-order valence-electron chi connectivity index (χ2n) is 14.8. The van der Waals surface area contributed by atoms with Gasteiger partial charge in [0.2, 0.25) is 0 Å². The molecule has 2 nitrogen and oxygen atoms in total. The monoisotopic (exact) mass is 710 g/mol. The molecule has 7 rings (SSSR count). The number of benzene rings is 3. The molecule has 4 heteroatoms. The Labute approximate surface area is 314 Å². The molecule has 0 aliphatic heterocycles. The fourth-order valence-corrected chi connectivity index (χ4v) is 10.4. The van der Waals surface area contributed by atoms with Crippen molar-refractivity contribution in [3.05, 3.63) is 106 Å². The van der Waals surface area contributed by atoms with E-state index in [2.05, 4.69) is 114 Å². The van der Waals surface area contributed by atoms with Crippen LogP contribution in [-0.2, 0) is 18.3 Å². The third kappa shape index (κ3) is 6.87. The van der Waals surface area contributed by atoms with Crippen LogP contribution >= 0.6 is 22.7 Å². The average Bonchev–Trinajstić information content (AvgIpc) is 3.88. The van der Waals surface area contributed by atoms with Gasteiger partial charge in [-0.3, -0.25) is 0 Å². The van der Waals surface area contributed by atoms with E-state index in [-0.39, 0.29) is 5.41 Å². The Morgan fingerprint density at radius 3 is 1.61 bits per heavy atom. The summed E-state index contributed by atoms with van der Waals surface area (Å²) in [7, 11) is 0. The molecule has 0 spiro atoms. The number of unbranched alkanes of at least 4 members (excludes halogenated alkanes) is 6. The fraction of sp³-hybridized carbons (Fsp3) is 0.404. The van der Waals surface area contributed by atoms with Crippen molar-refractivity contribution in [2.24, 2.45) is 0 Å². The van der Waals surface area contributed by atoms with E-state index in [0.29, 0.717) is 0 Å². The zero-order valence-corrected chi connectivity index (χ0v) is 33.3. The summed E-state index contributed by atoms with van der Waals surface area (Å²) in [5, 5.41) is 0. The van der Waals surface area contributed by atoms with Crippen molar-refractivity contribution in [1.29, 1.82) is 0 Å². The number of hydrogen-bond acceptors (Lipinski definition) is 4. The normalized spacial score (nSPS) is 13.2. The van der Waals surface area contributed by atoms with Gasteiger partial charge in [-0.15, -0.1) is 22.7 Å². The molecule has 3 aromatic carbocycles. The molecular formula is C47H54N2S2. The molecule has 0 amide bonds. The number of hydrogen-bond donors (Lipinski definition) is 0. The van der Waals surface area contributed by atoms with Crippen LogP contribution in [0.2, 0.25) is 0 Å². The van der Waals surface area contributed by atoms with Crippen LogP contribution in [0.1, 0.15) is 125 Å². The fourth-order valence-electron chi connectivity index (χ4n) is 8.52. The van der Waals surface area contributed by atoms with Gasteiger partial charge < -0.3 is 0 Å².